The normalized spacial score (nSPS) is 18.8. The molecule has 1 heterocycles. The molecule has 1 aromatic carbocycles. The molecule has 0 bridgehead atoms. The molecule has 19 heavy (non-hydrogen) atoms. The molecule has 0 spiro atoms. The number of aliphatic hydroxyl groups excluding tert-OH is 1. The first kappa shape index (κ1) is 14.2. The highest BCUT2D eigenvalue weighted by atomic mass is 16.5. The largest absolute Gasteiger partial charge is 0.495 e. The van der Waals surface area contributed by atoms with E-state index in [-0.39, 0.29) is 0 Å². The maximum atomic E-state index is 10.3. The predicted octanol–water partition coefficient (Wildman–Crippen LogP) is 2.19. The first-order valence-corrected chi connectivity index (χ1v) is 7.04. The zero-order valence-corrected chi connectivity index (χ0v) is 11.6. The Hall–Kier alpha value is -1.26. The minimum atomic E-state index is -0.480. The van der Waals surface area contributed by atoms with Crippen molar-refractivity contribution in [3.05, 3.63) is 23.8 Å². The molecule has 0 aliphatic carbocycles. The van der Waals surface area contributed by atoms with Crippen LogP contribution < -0.4 is 10.5 Å². The maximum absolute atomic E-state index is 10.3. The fraction of sp³-hybridized carbons (Fsp3) is 0.600. The summed E-state index contributed by atoms with van der Waals surface area (Å²) >= 11 is 0. The number of methoxy groups -OCH3 is 1. The summed E-state index contributed by atoms with van der Waals surface area (Å²) in [6.45, 7) is 2.86. The summed E-state index contributed by atoms with van der Waals surface area (Å²) in [4.78, 5) is 2.35. The van der Waals surface area contributed by atoms with E-state index in [1.165, 1.54) is 25.7 Å². The number of aliphatic hydroxyl groups is 1. The highest BCUT2D eigenvalue weighted by Crippen LogP contribution is 2.26. The second kappa shape index (κ2) is 6.78. The van der Waals surface area contributed by atoms with E-state index >= 15 is 0 Å². The fourth-order valence-electron chi connectivity index (χ4n) is 2.63. The Labute approximate surface area is 115 Å². The number of benzene rings is 1. The van der Waals surface area contributed by atoms with Crippen molar-refractivity contribution < 1.29 is 9.84 Å². The van der Waals surface area contributed by atoms with Crippen molar-refractivity contribution in [1.29, 1.82) is 0 Å². The Morgan fingerprint density at radius 3 is 2.53 bits per heavy atom. The molecule has 3 N–H and O–H groups in total. The molecular weight excluding hydrogens is 240 g/mol. The van der Waals surface area contributed by atoms with Gasteiger partial charge in [-0.05, 0) is 43.6 Å². The number of β-amino-alcohol motifs (C(OH)–C–C–N with tert-alkyl or cyclic N) is 1. The lowest BCUT2D eigenvalue weighted by Gasteiger charge is -2.23. The van der Waals surface area contributed by atoms with Crippen molar-refractivity contribution >= 4 is 5.69 Å². The summed E-state index contributed by atoms with van der Waals surface area (Å²) in [5.41, 5.74) is 7.32. The van der Waals surface area contributed by atoms with E-state index in [1.54, 1.807) is 13.2 Å². The van der Waals surface area contributed by atoms with Gasteiger partial charge in [-0.2, -0.15) is 0 Å². The highest BCUT2D eigenvalue weighted by molar-refractivity contribution is 5.54. The van der Waals surface area contributed by atoms with E-state index in [2.05, 4.69) is 4.90 Å². The van der Waals surface area contributed by atoms with Gasteiger partial charge in [0.25, 0.3) is 0 Å². The topological polar surface area (TPSA) is 58.7 Å². The lowest BCUT2D eigenvalue weighted by atomic mass is 10.1. The van der Waals surface area contributed by atoms with Crippen LogP contribution in [0.25, 0.3) is 0 Å². The first-order valence-electron chi connectivity index (χ1n) is 7.04. The molecule has 1 unspecified atom stereocenters. The quantitative estimate of drug-likeness (QED) is 0.818. The average Bonchev–Trinajstić information content (AvgIpc) is 2.67. The number of likely N-dealkylation sites (tertiary alicyclic amines) is 1. The van der Waals surface area contributed by atoms with Gasteiger partial charge in [-0.25, -0.2) is 0 Å². The SMILES string of the molecule is COc1ccc(C(O)CN2CCCCCC2)cc1N. The standard InChI is InChI=1S/C15H24N2O2/c1-19-15-7-6-12(10-13(15)16)14(18)11-17-8-4-2-3-5-9-17/h6-7,10,14,18H,2-5,8-9,11,16H2,1H3. The molecular formula is C15H24N2O2. The number of hydrogen-bond donors (Lipinski definition) is 2. The molecule has 4 heteroatoms. The van der Waals surface area contributed by atoms with Crippen molar-refractivity contribution in [2.24, 2.45) is 0 Å². The molecule has 4 nitrogen and oxygen atoms in total. The number of nitrogens with zero attached hydrogens (tertiary/aromatic N) is 1. The Morgan fingerprint density at radius 2 is 1.95 bits per heavy atom. The van der Waals surface area contributed by atoms with Crippen LogP contribution in [0.4, 0.5) is 5.69 Å². The molecule has 1 aliphatic heterocycles. The lowest BCUT2D eigenvalue weighted by Crippen LogP contribution is -2.29. The van der Waals surface area contributed by atoms with Gasteiger partial charge in [0.05, 0.1) is 18.9 Å². The van der Waals surface area contributed by atoms with Gasteiger partial charge >= 0.3 is 0 Å². The van der Waals surface area contributed by atoms with Crippen LogP contribution in [0.15, 0.2) is 18.2 Å². The first-order chi connectivity index (χ1) is 9.20. The second-order valence-electron chi connectivity index (χ2n) is 5.23. The number of anilines is 1. The Kier molecular flexibility index (Phi) is 5.05. The monoisotopic (exact) mass is 264 g/mol. The molecule has 1 aromatic rings. The highest BCUT2D eigenvalue weighted by Gasteiger charge is 2.16. The van der Waals surface area contributed by atoms with E-state index in [0.717, 1.165) is 18.7 Å². The van der Waals surface area contributed by atoms with Crippen LogP contribution in [-0.4, -0.2) is 36.8 Å². The predicted molar refractivity (Wildman–Crippen MR) is 77.3 cm³/mol. The fourth-order valence-corrected chi connectivity index (χ4v) is 2.63. The molecule has 0 radical (unpaired) electrons. The molecule has 106 valence electrons. The van der Waals surface area contributed by atoms with Crippen molar-refractivity contribution in [3.63, 3.8) is 0 Å². The van der Waals surface area contributed by atoms with E-state index in [9.17, 15) is 5.11 Å². The third-order valence-corrected chi connectivity index (χ3v) is 3.77. The lowest BCUT2D eigenvalue weighted by molar-refractivity contribution is 0.115. The van der Waals surface area contributed by atoms with Crippen molar-refractivity contribution in [2.45, 2.75) is 31.8 Å². The van der Waals surface area contributed by atoms with Gasteiger partial charge in [-0.15, -0.1) is 0 Å². The summed E-state index contributed by atoms with van der Waals surface area (Å²) in [7, 11) is 1.60. The maximum Gasteiger partial charge on any atom is 0.141 e. The van der Waals surface area contributed by atoms with Crippen LogP contribution in [-0.2, 0) is 0 Å². The summed E-state index contributed by atoms with van der Waals surface area (Å²) in [6, 6.07) is 5.51. The number of nitrogen functional groups attached to an aromatic ring is 1. The third-order valence-electron chi connectivity index (χ3n) is 3.77. The van der Waals surface area contributed by atoms with Crippen LogP contribution in [0.1, 0.15) is 37.4 Å². The number of hydrogen-bond acceptors (Lipinski definition) is 4. The van der Waals surface area contributed by atoms with Crippen molar-refractivity contribution in [3.8, 4) is 5.75 Å². The number of ether oxygens (including phenoxy) is 1. The minimum Gasteiger partial charge on any atom is -0.495 e. The van der Waals surface area contributed by atoms with Gasteiger partial charge in [-0.3, -0.25) is 0 Å². The van der Waals surface area contributed by atoms with Gasteiger partial charge in [0, 0.05) is 6.54 Å². The zero-order chi connectivity index (χ0) is 13.7. The van der Waals surface area contributed by atoms with E-state index in [1.807, 2.05) is 12.1 Å². The van der Waals surface area contributed by atoms with Gasteiger partial charge < -0.3 is 20.5 Å². The van der Waals surface area contributed by atoms with Crippen molar-refractivity contribution in [2.75, 3.05) is 32.5 Å². The molecule has 0 saturated carbocycles. The Balaban J connectivity index is 1.98. The summed E-state index contributed by atoms with van der Waals surface area (Å²) in [5, 5.41) is 10.3. The molecule has 1 atom stereocenters. The van der Waals surface area contributed by atoms with Crippen LogP contribution in [0.3, 0.4) is 0 Å². The minimum absolute atomic E-state index is 0.480. The van der Waals surface area contributed by atoms with Crippen LogP contribution in [0, 0.1) is 0 Å². The summed E-state index contributed by atoms with van der Waals surface area (Å²) < 4.78 is 5.13. The zero-order valence-electron chi connectivity index (χ0n) is 11.6. The smallest absolute Gasteiger partial charge is 0.141 e. The molecule has 1 aliphatic rings. The molecule has 0 aromatic heterocycles. The van der Waals surface area contributed by atoms with E-state index in [4.69, 9.17) is 10.5 Å². The summed E-state index contributed by atoms with van der Waals surface area (Å²) in [5.74, 6) is 0.658. The van der Waals surface area contributed by atoms with Gasteiger partial charge in [-0.1, -0.05) is 18.9 Å². The average molecular weight is 264 g/mol. The van der Waals surface area contributed by atoms with Gasteiger partial charge in [0.1, 0.15) is 5.75 Å². The third kappa shape index (κ3) is 3.85. The van der Waals surface area contributed by atoms with Crippen LogP contribution in [0.5, 0.6) is 5.75 Å². The Bertz CT molecular complexity index is 401. The number of nitrogens with two attached hydrogens (primary N) is 1. The molecule has 1 fully saturated rings. The van der Waals surface area contributed by atoms with Crippen LogP contribution in [0.2, 0.25) is 0 Å². The van der Waals surface area contributed by atoms with Gasteiger partial charge in [0.2, 0.25) is 0 Å². The molecule has 1 saturated heterocycles. The Morgan fingerprint density at radius 1 is 1.26 bits per heavy atom. The number of rotatable bonds is 4. The van der Waals surface area contributed by atoms with Crippen LogP contribution >= 0.6 is 0 Å². The second-order valence-corrected chi connectivity index (χ2v) is 5.23. The van der Waals surface area contributed by atoms with E-state index < -0.39 is 6.10 Å². The van der Waals surface area contributed by atoms with Crippen molar-refractivity contribution in [1.82, 2.24) is 4.90 Å². The van der Waals surface area contributed by atoms with Gasteiger partial charge in [0.15, 0.2) is 0 Å². The summed E-state index contributed by atoms with van der Waals surface area (Å²) in [6.07, 6.45) is 4.60. The van der Waals surface area contributed by atoms with E-state index in [0.29, 0.717) is 18.0 Å². The molecule has 0 amide bonds. The molecule has 2 rings (SSSR count).